The molecule has 1 rings (SSSR count). The van der Waals surface area contributed by atoms with Gasteiger partial charge in [-0.05, 0) is 13.0 Å². The van der Waals surface area contributed by atoms with Gasteiger partial charge in [0.25, 0.3) is 0 Å². The summed E-state index contributed by atoms with van der Waals surface area (Å²) in [5.41, 5.74) is -0.265. The fraction of sp³-hybridized carbons (Fsp3) is 0.333. The molecule has 5 heteroatoms. The van der Waals surface area contributed by atoms with Crippen LogP contribution in [0.2, 0.25) is 0 Å². The summed E-state index contributed by atoms with van der Waals surface area (Å²) in [5.74, 6) is -1.41. The number of ether oxygens (including phenoxy) is 1. The molecule has 0 spiro atoms. The van der Waals surface area contributed by atoms with Gasteiger partial charge in [0.05, 0.1) is 12.8 Å². The second kappa shape index (κ2) is 4.64. The maximum atomic E-state index is 12.6. The van der Waals surface area contributed by atoms with Crippen LogP contribution in [0.25, 0.3) is 0 Å². The van der Waals surface area contributed by atoms with E-state index in [1.54, 1.807) is 6.92 Å². The molecule has 0 saturated heterocycles. The molecule has 1 heterocycles. The minimum Gasteiger partial charge on any atom is -0.461 e. The molecule has 0 N–H and O–H groups in total. The van der Waals surface area contributed by atoms with Gasteiger partial charge in [-0.3, -0.25) is 0 Å². The van der Waals surface area contributed by atoms with E-state index < -0.39 is 18.5 Å². The number of esters is 1. The first-order valence-corrected chi connectivity index (χ1v) is 4.06. The number of hydrogen-bond donors (Lipinski definition) is 0. The van der Waals surface area contributed by atoms with Crippen LogP contribution in [-0.4, -0.2) is 17.6 Å². The second-order valence-electron chi connectivity index (χ2n) is 2.52. The average Bonchev–Trinajstić information content (AvgIpc) is 2.17. The Bertz CT molecular complexity index is 342. The summed E-state index contributed by atoms with van der Waals surface area (Å²) >= 11 is 0. The van der Waals surface area contributed by atoms with Gasteiger partial charge in [-0.25, -0.2) is 18.6 Å². The van der Waals surface area contributed by atoms with Crippen LogP contribution >= 0.6 is 0 Å². The number of pyridine rings is 1. The summed E-state index contributed by atoms with van der Waals surface area (Å²) in [5, 5.41) is 0. The number of nitrogens with zero attached hydrogens (tertiary/aromatic N) is 1. The highest BCUT2D eigenvalue weighted by Gasteiger charge is 2.14. The Labute approximate surface area is 79.7 Å². The first kappa shape index (κ1) is 10.6. The topological polar surface area (TPSA) is 39.2 Å². The molecule has 0 aliphatic rings. The third-order valence-corrected chi connectivity index (χ3v) is 1.55. The fourth-order valence-corrected chi connectivity index (χ4v) is 0.966. The summed E-state index contributed by atoms with van der Waals surface area (Å²) in [7, 11) is 0. The van der Waals surface area contributed by atoms with Crippen LogP contribution in [0.1, 0.15) is 23.0 Å². The molecule has 0 aromatic carbocycles. The minimum atomic E-state index is -0.946. The first-order chi connectivity index (χ1) is 6.69. The Morgan fingerprint density at radius 1 is 1.64 bits per heavy atom. The lowest BCUT2D eigenvalue weighted by atomic mass is 10.2. The summed E-state index contributed by atoms with van der Waals surface area (Å²) in [6.45, 7) is 0.846. The largest absolute Gasteiger partial charge is 0.461 e. The van der Waals surface area contributed by atoms with Crippen LogP contribution in [0, 0.1) is 5.82 Å². The normalized spacial score (nSPS) is 9.93. The van der Waals surface area contributed by atoms with Crippen LogP contribution < -0.4 is 0 Å². The highest BCUT2D eigenvalue weighted by atomic mass is 19.1. The molecule has 76 valence electrons. The molecule has 0 unspecified atom stereocenters. The van der Waals surface area contributed by atoms with Crippen molar-refractivity contribution in [2.75, 3.05) is 6.61 Å². The van der Waals surface area contributed by atoms with E-state index in [4.69, 9.17) is 0 Å². The van der Waals surface area contributed by atoms with E-state index in [1.807, 2.05) is 0 Å². The molecule has 0 saturated carbocycles. The molecule has 0 bridgehead atoms. The van der Waals surface area contributed by atoms with Crippen molar-refractivity contribution in [2.24, 2.45) is 0 Å². The molecule has 3 nitrogen and oxygen atoms in total. The van der Waals surface area contributed by atoms with E-state index in [-0.39, 0.29) is 17.9 Å². The van der Waals surface area contributed by atoms with Crippen molar-refractivity contribution in [3.63, 3.8) is 0 Å². The Kier molecular flexibility index (Phi) is 3.50. The van der Waals surface area contributed by atoms with Crippen molar-refractivity contribution < 1.29 is 18.3 Å². The van der Waals surface area contributed by atoms with Crippen LogP contribution in [-0.2, 0) is 11.4 Å². The van der Waals surface area contributed by atoms with Gasteiger partial charge in [-0.15, -0.1) is 0 Å². The van der Waals surface area contributed by atoms with Gasteiger partial charge in [0.15, 0.2) is 5.69 Å². The Hall–Kier alpha value is -1.52. The van der Waals surface area contributed by atoms with Gasteiger partial charge >= 0.3 is 5.97 Å². The molecule has 0 fully saturated rings. The van der Waals surface area contributed by atoms with E-state index >= 15 is 0 Å². The minimum absolute atomic E-state index is 0.0940. The van der Waals surface area contributed by atoms with Gasteiger partial charge in [-0.1, -0.05) is 0 Å². The monoisotopic (exact) mass is 201 g/mol. The molecule has 1 aromatic rings. The zero-order valence-electron chi connectivity index (χ0n) is 7.59. The Morgan fingerprint density at radius 3 is 2.93 bits per heavy atom. The zero-order valence-corrected chi connectivity index (χ0v) is 7.59. The highest BCUT2D eigenvalue weighted by molar-refractivity contribution is 5.88. The summed E-state index contributed by atoms with van der Waals surface area (Å²) < 4.78 is 29.6. The van der Waals surface area contributed by atoms with Crippen LogP contribution in [0.4, 0.5) is 8.78 Å². The van der Waals surface area contributed by atoms with Gasteiger partial charge in [0.2, 0.25) is 0 Å². The molecular formula is C9H9F2NO2. The summed E-state index contributed by atoms with van der Waals surface area (Å²) in [4.78, 5) is 14.6. The maximum absolute atomic E-state index is 12.6. The smallest absolute Gasteiger partial charge is 0.357 e. The Balaban J connectivity index is 3.01. The lowest BCUT2D eigenvalue weighted by molar-refractivity contribution is 0.0517. The SMILES string of the molecule is CCOC(=O)c1ncc(F)cc1CF. The molecule has 0 radical (unpaired) electrons. The molecule has 1 aromatic heterocycles. The van der Waals surface area contributed by atoms with Gasteiger partial charge in [0.1, 0.15) is 12.5 Å². The predicted molar refractivity (Wildman–Crippen MR) is 45.0 cm³/mol. The lowest BCUT2D eigenvalue weighted by Gasteiger charge is -2.04. The Morgan fingerprint density at radius 2 is 2.36 bits per heavy atom. The quantitative estimate of drug-likeness (QED) is 0.701. The molecule has 0 aliphatic carbocycles. The van der Waals surface area contributed by atoms with Gasteiger partial charge < -0.3 is 4.74 Å². The van der Waals surface area contributed by atoms with Crippen LogP contribution in [0.5, 0.6) is 0 Å². The number of alkyl halides is 1. The third-order valence-electron chi connectivity index (χ3n) is 1.55. The molecular weight excluding hydrogens is 192 g/mol. The highest BCUT2D eigenvalue weighted by Crippen LogP contribution is 2.10. The van der Waals surface area contributed by atoms with E-state index in [0.29, 0.717) is 0 Å². The zero-order chi connectivity index (χ0) is 10.6. The van der Waals surface area contributed by atoms with E-state index in [1.165, 1.54) is 0 Å². The van der Waals surface area contributed by atoms with Crippen molar-refractivity contribution in [1.29, 1.82) is 0 Å². The molecule has 0 atom stereocenters. The number of halogens is 2. The number of hydrogen-bond acceptors (Lipinski definition) is 3. The predicted octanol–water partition coefficient (Wildman–Crippen LogP) is 1.87. The first-order valence-electron chi connectivity index (χ1n) is 4.06. The molecule has 0 aliphatic heterocycles. The average molecular weight is 201 g/mol. The van der Waals surface area contributed by atoms with Gasteiger partial charge in [0, 0.05) is 5.56 Å². The van der Waals surface area contributed by atoms with E-state index in [0.717, 1.165) is 12.3 Å². The fourth-order valence-electron chi connectivity index (χ4n) is 0.966. The van der Waals surface area contributed by atoms with E-state index in [2.05, 4.69) is 9.72 Å². The number of rotatable bonds is 3. The van der Waals surface area contributed by atoms with Crippen molar-refractivity contribution in [1.82, 2.24) is 4.98 Å². The van der Waals surface area contributed by atoms with Crippen LogP contribution in [0.3, 0.4) is 0 Å². The van der Waals surface area contributed by atoms with Crippen molar-refractivity contribution >= 4 is 5.97 Å². The van der Waals surface area contributed by atoms with Gasteiger partial charge in [-0.2, -0.15) is 0 Å². The molecule has 0 amide bonds. The van der Waals surface area contributed by atoms with E-state index in [9.17, 15) is 13.6 Å². The number of carbonyl (C=O) groups is 1. The third kappa shape index (κ3) is 2.25. The van der Waals surface area contributed by atoms with Crippen molar-refractivity contribution in [3.05, 3.63) is 29.3 Å². The lowest BCUT2D eigenvalue weighted by Crippen LogP contribution is -2.10. The molecule has 14 heavy (non-hydrogen) atoms. The standard InChI is InChI=1S/C9H9F2NO2/c1-2-14-9(13)8-6(4-10)3-7(11)5-12-8/h3,5H,2,4H2,1H3. The van der Waals surface area contributed by atoms with Crippen molar-refractivity contribution in [2.45, 2.75) is 13.6 Å². The van der Waals surface area contributed by atoms with Crippen molar-refractivity contribution in [3.8, 4) is 0 Å². The summed E-state index contributed by atoms with van der Waals surface area (Å²) in [6, 6.07) is 0.930. The summed E-state index contributed by atoms with van der Waals surface area (Å²) in [6.07, 6.45) is 0.853. The second-order valence-corrected chi connectivity index (χ2v) is 2.52. The number of carbonyl (C=O) groups excluding carboxylic acids is 1. The van der Waals surface area contributed by atoms with Crippen LogP contribution in [0.15, 0.2) is 12.3 Å². The number of aromatic nitrogens is 1. The maximum Gasteiger partial charge on any atom is 0.357 e.